The van der Waals surface area contributed by atoms with Gasteiger partial charge in [0.05, 0.1) is 16.7 Å². The van der Waals surface area contributed by atoms with E-state index in [2.05, 4.69) is 35.0 Å². The van der Waals surface area contributed by atoms with Gasteiger partial charge in [-0.05, 0) is 44.4 Å². The van der Waals surface area contributed by atoms with Crippen LogP contribution in [0.5, 0.6) is 0 Å². The van der Waals surface area contributed by atoms with Crippen LogP contribution in [-0.4, -0.2) is 48.5 Å². The molecule has 0 amide bonds. The van der Waals surface area contributed by atoms with Gasteiger partial charge >= 0.3 is 5.69 Å². The van der Waals surface area contributed by atoms with Crippen molar-refractivity contribution in [3.05, 3.63) is 51.6 Å². The van der Waals surface area contributed by atoms with Crippen molar-refractivity contribution in [3.63, 3.8) is 0 Å². The minimum Gasteiger partial charge on any atom is -0.369 e. The monoisotopic (exact) mass is 477 g/mol. The second-order valence-electron chi connectivity index (χ2n) is 10.1. The Balaban J connectivity index is 1.62. The molecule has 0 saturated carbocycles. The zero-order valence-corrected chi connectivity index (χ0v) is 21.3. The fourth-order valence-corrected chi connectivity index (χ4v) is 5.09. The van der Waals surface area contributed by atoms with E-state index in [0.717, 1.165) is 37.5 Å². The highest BCUT2D eigenvalue weighted by atomic mass is 28.3. The van der Waals surface area contributed by atoms with Gasteiger partial charge in [-0.2, -0.15) is 5.10 Å². The molecule has 0 bridgehead atoms. The summed E-state index contributed by atoms with van der Waals surface area (Å²) in [7, 11) is -1.21. The van der Waals surface area contributed by atoms with E-state index in [1.807, 2.05) is 19.9 Å². The number of para-hydroxylation sites is 1. The van der Waals surface area contributed by atoms with Gasteiger partial charge in [0.2, 0.25) is 0 Å². The fourth-order valence-electron chi connectivity index (χ4n) is 4.33. The maximum absolute atomic E-state index is 14.3. The molecule has 1 aliphatic rings. The zero-order chi connectivity index (χ0) is 24.2. The van der Waals surface area contributed by atoms with Crippen LogP contribution in [-0.2, 0) is 11.5 Å². The minimum atomic E-state index is -1.21. The van der Waals surface area contributed by atoms with Crippen LogP contribution in [0.25, 0.3) is 0 Å². The number of benzene rings is 1. The third-order valence-electron chi connectivity index (χ3n) is 6.16. The molecule has 2 aromatic rings. The topological polar surface area (TPSA) is 85.5 Å². The van der Waals surface area contributed by atoms with Gasteiger partial charge in [-0.1, -0.05) is 31.8 Å². The van der Waals surface area contributed by atoms with Gasteiger partial charge in [0.25, 0.3) is 0 Å². The maximum atomic E-state index is 14.3. The van der Waals surface area contributed by atoms with E-state index in [4.69, 9.17) is 4.74 Å². The summed E-state index contributed by atoms with van der Waals surface area (Å²) in [5.41, 5.74) is 2.14. The van der Waals surface area contributed by atoms with Gasteiger partial charge in [-0.3, -0.25) is 10.1 Å². The van der Waals surface area contributed by atoms with Crippen molar-refractivity contribution in [2.24, 2.45) is 0 Å². The summed E-state index contributed by atoms with van der Waals surface area (Å²) in [6.45, 7) is 13.0. The number of hydrogen-bond acceptors (Lipinski definition) is 6. The van der Waals surface area contributed by atoms with E-state index in [1.165, 1.54) is 12.3 Å². The van der Waals surface area contributed by atoms with E-state index in [0.29, 0.717) is 18.0 Å². The summed E-state index contributed by atoms with van der Waals surface area (Å²) < 4.78 is 21.7. The minimum absolute atomic E-state index is 0.00298. The summed E-state index contributed by atoms with van der Waals surface area (Å²) in [6, 6.07) is 6.10. The highest BCUT2D eigenvalue weighted by Crippen LogP contribution is 2.29. The summed E-state index contributed by atoms with van der Waals surface area (Å²) in [5.74, 6) is -0.191. The Labute approximate surface area is 196 Å². The molecule has 1 unspecified atom stereocenters. The highest BCUT2D eigenvalue weighted by molar-refractivity contribution is 6.76. The Bertz CT molecular complexity index is 934. The number of rotatable bonds is 10. The van der Waals surface area contributed by atoms with Gasteiger partial charge in [0.1, 0.15) is 24.4 Å². The molecule has 1 aromatic carbocycles. The van der Waals surface area contributed by atoms with Gasteiger partial charge in [0.15, 0.2) is 0 Å². The SMILES string of the molecule is Cc1cccc(F)c1N1CCC(NC(C)c2c([N+](=O)[O-])cnn2COCC[Si](C)(C)C)CC1. The Hall–Kier alpha value is -2.30. The molecule has 1 aromatic heterocycles. The van der Waals surface area contributed by atoms with E-state index in [9.17, 15) is 14.5 Å². The number of hydrogen-bond donors (Lipinski definition) is 1. The summed E-state index contributed by atoms with van der Waals surface area (Å²) in [6.07, 6.45) is 2.96. The lowest BCUT2D eigenvalue weighted by Crippen LogP contribution is -2.44. The van der Waals surface area contributed by atoms with Crippen molar-refractivity contribution in [1.82, 2.24) is 15.1 Å². The Morgan fingerprint density at radius 3 is 2.64 bits per heavy atom. The molecule has 1 aliphatic heterocycles. The second kappa shape index (κ2) is 10.7. The molecule has 33 heavy (non-hydrogen) atoms. The molecular formula is C23H36FN5O3Si. The van der Waals surface area contributed by atoms with E-state index < -0.39 is 8.07 Å². The molecule has 0 radical (unpaired) electrons. The lowest BCUT2D eigenvalue weighted by atomic mass is 10.0. The molecule has 1 fully saturated rings. The molecule has 0 spiro atoms. The van der Waals surface area contributed by atoms with Crippen LogP contribution in [0.4, 0.5) is 15.8 Å². The quantitative estimate of drug-likeness (QED) is 0.227. The molecular weight excluding hydrogens is 441 g/mol. The molecule has 8 nitrogen and oxygen atoms in total. The lowest BCUT2D eigenvalue weighted by molar-refractivity contribution is -0.385. The largest absolute Gasteiger partial charge is 0.369 e. The lowest BCUT2D eigenvalue weighted by Gasteiger charge is -2.36. The molecule has 182 valence electrons. The van der Waals surface area contributed by atoms with E-state index in [1.54, 1.807) is 10.7 Å². The van der Waals surface area contributed by atoms with Crippen molar-refractivity contribution < 1.29 is 14.1 Å². The molecule has 0 aliphatic carbocycles. The average Bonchev–Trinajstić information content (AvgIpc) is 3.16. The number of anilines is 1. The van der Waals surface area contributed by atoms with Gasteiger partial charge in [-0.25, -0.2) is 9.07 Å². The number of ether oxygens (including phenoxy) is 1. The van der Waals surface area contributed by atoms with Crippen LogP contribution in [0, 0.1) is 22.9 Å². The van der Waals surface area contributed by atoms with Gasteiger partial charge in [-0.15, -0.1) is 0 Å². The number of nitro groups is 1. The predicted octanol–water partition coefficient (Wildman–Crippen LogP) is 4.87. The first-order chi connectivity index (χ1) is 15.6. The van der Waals surface area contributed by atoms with E-state index >= 15 is 0 Å². The van der Waals surface area contributed by atoms with Crippen molar-refractivity contribution in [3.8, 4) is 0 Å². The molecule has 2 heterocycles. The normalized spacial score (nSPS) is 16.2. The highest BCUT2D eigenvalue weighted by Gasteiger charge is 2.29. The molecule has 3 rings (SSSR count). The van der Waals surface area contributed by atoms with Crippen LogP contribution in [0.15, 0.2) is 24.4 Å². The first kappa shape index (κ1) is 25.3. The van der Waals surface area contributed by atoms with Crippen molar-refractivity contribution in [2.45, 2.75) is 71.2 Å². The molecule has 1 saturated heterocycles. The number of piperidine rings is 1. The third-order valence-corrected chi connectivity index (χ3v) is 7.87. The third kappa shape index (κ3) is 6.61. The summed E-state index contributed by atoms with van der Waals surface area (Å²) in [5, 5.41) is 19.4. The first-order valence-corrected chi connectivity index (χ1v) is 15.3. The van der Waals surface area contributed by atoms with Crippen molar-refractivity contribution in [2.75, 3.05) is 24.6 Å². The molecule has 1 N–H and O–H groups in total. The van der Waals surface area contributed by atoms with Crippen LogP contribution in [0.3, 0.4) is 0 Å². The first-order valence-electron chi connectivity index (χ1n) is 11.6. The Morgan fingerprint density at radius 2 is 2.03 bits per heavy atom. The number of nitrogens with zero attached hydrogens (tertiary/aromatic N) is 4. The zero-order valence-electron chi connectivity index (χ0n) is 20.3. The van der Waals surface area contributed by atoms with E-state index in [-0.39, 0.29) is 35.2 Å². The second-order valence-corrected chi connectivity index (χ2v) is 15.7. The van der Waals surface area contributed by atoms with Crippen LogP contribution in [0.1, 0.15) is 37.1 Å². The van der Waals surface area contributed by atoms with Gasteiger partial charge < -0.3 is 15.0 Å². The average molecular weight is 478 g/mol. The van der Waals surface area contributed by atoms with Crippen LogP contribution < -0.4 is 10.2 Å². The molecule has 1 atom stereocenters. The number of aromatic nitrogens is 2. The smallest absolute Gasteiger partial charge is 0.311 e. The predicted molar refractivity (Wildman–Crippen MR) is 131 cm³/mol. The number of halogens is 1. The van der Waals surface area contributed by atoms with Crippen LogP contribution in [0.2, 0.25) is 25.7 Å². The fraction of sp³-hybridized carbons (Fsp3) is 0.609. The van der Waals surface area contributed by atoms with Gasteiger partial charge in [0, 0.05) is 33.8 Å². The Morgan fingerprint density at radius 1 is 1.33 bits per heavy atom. The Kier molecular flexibility index (Phi) is 8.25. The standard InChI is InChI=1S/C23H36FN5O3Si/c1-17-7-6-8-20(24)22(17)27-11-9-19(10-12-27)26-18(2)23-21(29(30)31)15-25-28(23)16-32-13-14-33(3,4)5/h6-8,15,18-19,26H,9-14,16H2,1-5H3. The van der Waals surface area contributed by atoms with Crippen molar-refractivity contribution >= 4 is 19.4 Å². The summed E-state index contributed by atoms with van der Waals surface area (Å²) in [4.78, 5) is 13.3. The maximum Gasteiger partial charge on any atom is 0.311 e. The number of aryl methyl sites for hydroxylation is 1. The van der Waals surface area contributed by atoms with Crippen molar-refractivity contribution in [1.29, 1.82) is 0 Å². The number of nitrogens with one attached hydrogen (secondary N) is 1. The van der Waals surface area contributed by atoms with Crippen LogP contribution >= 0.6 is 0 Å². The summed E-state index contributed by atoms with van der Waals surface area (Å²) >= 11 is 0. The molecule has 10 heteroatoms.